The SMILES string of the molecule is CNC(C)c1nc(CC2CCSCC2)no1. The van der Waals surface area contributed by atoms with Crippen molar-refractivity contribution in [2.75, 3.05) is 18.6 Å². The third kappa shape index (κ3) is 2.98. The number of aromatic nitrogens is 2. The van der Waals surface area contributed by atoms with E-state index in [0.717, 1.165) is 18.2 Å². The maximum absolute atomic E-state index is 5.23. The molecule has 1 aromatic rings. The van der Waals surface area contributed by atoms with Gasteiger partial charge in [0, 0.05) is 6.42 Å². The Morgan fingerprint density at radius 2 is 2.25 bits per heavy atom. The van der Waals surface area contributed by atoms with Crippen LogP contribution in [0.4, 0.5) is 0 Å². The molecule has 16 heavy (non-hydrogen) atoms. The van der Waals surface area contributed by atoms with Crippen molar-refractivity contribution in [2.45, 2.75) is 32.2 Å². The van der Waals surface area contributed by atoms with Crippen molar-refractivity contribution >= 4 is 11.8 Å². The summed E-state index contributed by atoms with van der Waals surface area (Å²) in [6, 6.07) is 0.142. The first-order valence-electron chi connectivity index (χ1n) is 5.87. The predicted molar refractivity (Wildman–Crippen MR) is 65.5 cm³/mol. The zero-order valence-corrected chi connectivity index (χ0v) is 10.7. The summed E-state index contributed by atoms with van der Waals surface area (Å²) in [5.41, 5.74) is 0. The summed E-state index contributed by atoms with van der Waals surface area (Å²) in [5, 5.41) is 7.14. The van der Waals surface area contributed by atoms with Crippen molar-refractivity contribution in [3.63, 3.8) is 0 Å². The molecule has 0 spiro atoms. The summed E-state index contributed by atoms with van der Waals surface area (Å²) >= 11 is 2.05. The van der Waals surface area contributed by atoms with E-state index in [9.17, 15) is 0 Å². The molecule has 1 N–H and O–H groups in total. The van der Waals surface area contributed by atoms with Gasteiger partial charge in [0.2, 0.25) is 5.89 Å². The Balaban J connectivity index is 1.91. The lowest BCUT2D eigenvalue weighted by Gasteiger charge is -2.19. The zero-order valence-electron chi connectivity index (χ0n) is 9.90. The minimum absolute atomic E-state index is 0.142. The van der Waals surface area contributed by atoms with E-state index in [2.05, 4.69) is 15.5 Å². The molecule has 0 saturated carbocycles. The lowest BCUT2D eigenvalue weighted by atomic mass is 9.99. The second kappa shape index (κ2) is 5.68. The number of thioether (sulfide) groups is 1. The molecule has 0 aromatic carbocycles. The van der Waals surface area contributed by atoms with Crippen LogP contribution < -0.4 is 5.32 Å². The minimum Gasteiger partial charge on any atom is -0.338 e. The molecule has 5 heteroatoms. The molecule has 1 saturated heterocycles. The van der Waals surface area contributed by atoms with Gasteiger partial charge in [0.25, 0.3) is 0 Å². The number of hydrogen-bond acceptors (Lipinski definition) is 5. The number of hydrogen-bond donors (Lipinski definition) is 1. The molecule has 0 aliphatic carbocycles. The smallest absolute Gasteiger partial charge is 0.243 e. The van der Waals surface area contributed by atoms with Crippen molar-refractivity contribution in [3.8, 4) is 0 Å². The van der Waals surface area contributed by atoms with Crippen LogP contribution in [0.15, 0.2) is 4.52 Å². The lowest BCUT2D eigenvalue weighted by Crippen LogP contribution is -2.14. The summed E-state index contributed by atoms with van der Waals surface area (Å²) in [6.07, 6.45) is 3.55. The number of nitrogens with one attached hydrogen (secondary N) is 1. The number of nitrogens with zero attached hydrogens (tertiary/aromatic N) is 2. The van der Waals surface area contributed by atoms with Crippen LogP contribution in [0.3, 0.4) is 0 Å². The van der Waals surface area contributed by atoms with E-state index in [1.807, 2.05) is 25.7 Å². The highest BCUT2D eigenvalue weighted by molar-refractivity contribution is 7.99. The molecule has 1 unspecified atom stereocenters. The molecule has 1 aliphatic heterocycles. The molecule has 1 atom stereocenters. The zero-order chi connectivity index (χ0) is 11.4. The first kappa shape index (κ1) is 11.9. The topological polar surface area (TPSA) is 51.0 Å². The van der Waals surface area contributed by atoms with Crippen molar-refractivity contribution in [3.05, 3.63) is 11.7 Å². The van der Waals surface area contributed by atoms with Crippen LogP contribution in [0.5, 0.6) is 0 Å². The maximum Gasteiger partial charge on any atom is 0.243 e. The van der Waals surface area contributed by atoms with E-state index in [0.29, 0.717) is 5.89 Å². The van der Waals surface area contributed by atoms with Gasteiger partial charge in [-0.25, -0.2) is 0 Å². The first-order chi connectivity index (χ1) is 7.79. The van der Waals surface area contributed by atoms with Crippen LogP contribution >= 0.6 is 11.8 Å². The van der Waals surface area contributed by atoms with E-state index in [4.69, 9.17) is 4.52 Å². The molecule has 0 bridgehead atoms. The van der Waals surface area contributed by atoms with Gasteiger partial charge in [0.05, 0.1) is 6.04 Å². The summed E-state index contributed by atoms with van der Waals surface area (Å²) in [6.45, 7) is 2.02. The van der Waals surface area contributed by atoms with Crippen molar-refractivity contribution in [1.82, 2.24) is 15.5 Å². The Bertz CT molecular complexity index is 323. The van der Waals surface area contributed by atoms with E-state index in [-0.39, 0.29) is 6.04 Å². The van der Waals surface area contributed by atoms with Crippen LogP contribution in [-0.4, -0.2) is 28.7 Å². The van der Waals surface area contributed by atoms with Gasteiger partial charge in [-0.15, -0.1) is 0 Å². The Morgan fingerprint density at radius 1 is 1.50 bits per heavy atom. The van der Waals surface area contributed by atoms with Gasteiger partial charge in [-0.2, -0.15) is 16.7 Å². The van der Waals surface area contributed by atoms with E-state index >= 15 is 0 Å². The third-order valence-corrected chi connectivity index (χ3v) is 4.15. The summed E-state index contributed by atoms with van der Waals surface area (Å²) in [5.74, 6) is 4.87. The van der Waals surface area contributed by atoms with Gasteiger partial charge in [-0.05, 0) is 44.2 Å². The molecule has 0 amide bonds. The minimum atomic E-state index is 0.142. The molecule has 0 radical (unpaired) electrons. The van der Waals surface area contributed by atoms with Gasteiger partial charge in [-0.3, -0.25) is 0 Å². The average Bonchev–Trinajstić information content (AvgIpc) is 2.78. The van der Waals surface area contributed by atoms with Gasteiger partial charge >= 0.3 is 0 Å². The van der Waals surface area contributed by atoms with Crippen LogP contribution in [0.25, 0.3) is 0 Å². The highest BCUT2D eigenvalue weighted by Gasteiger charge is 2.18. The Labute approximate surface area is 101 Å². The third-order valence-electron chi connectivity index (χ3n) is 3.10. The average molecular weight is 241 g/mol. The molecule has 1 aromatic heterocycles. The second-order valence-corrected chi connectivity index (χ2v) is 5.54. The van der Waals surface area contributed by atoms with Crippen LogP contribution in [0.2, 0.25) is 0 Å². The largest absolute Gasteiger partial charge is 0.338 e. The monoisotopic (exact) mass is 241 g/mol. The maximum atomic E-state index is 5.23. The predicted octanol–water partition coefficient (Wildman–Crippen LogP) is 2.04. The van der Waals surface area contributed by atoms with Crippen molar-refractivity contribution in [2.24, 2.45) is 5.92 Å². The lowest BCUT2D eigenvalue weighted by molar-refractivity contribution is 0.340. The Hall–Kier alpha value is -0.550. The van der Waals surface area contributed by atoms with Crippen molar-refractivity contribution in [1.29, 1.82) is 0 Å². The Kier molecular flexibility index (Phi) is 4.23. The summed E-state index contributed by atoms with van der Waals surface area (Å²) in [7, 11) is 1.90. The van der Waals surface area contributed by atoms with Crippen LogP contribution in [0, 0.1) is 5.92 Å². The fourth-order valence-corrected chi connectivity index (χ4v) is 3.06. The summed E-state index contributed by atoms with van der Waals surface area (Å²) in [4.78, 5) is 4.43. The fourth-order valence-electron chi connectivity index (χ4n) is 1.86. The Morgan fingerprint density at radius 3 is 2.94 bits per heavy atom. The molecule has 4 nitrogen and oxygen atoms in total. The molecule has 2 heterocycles. The molecular weight excluding hydrogens is 222 g/mol. The van der Waals surface area contributed by atoms with E-state index in [1.54, 1.807) is 0 Å². The first-order valence-corrected chi connectivity index (χ1v) is 7.02. The second-order valence-electron chi connectivity index (χ2n) is 4.32. The van der Waals surface area contributed by atoms with Gasteiger partial charge in [0.15, 0.2) is 5.82 Å². The van der Waals surface area contributed by atoms with Crippen LogP contribution in [-0.2, 0) is 6.42 Å². The quantitative estimate of drug-likeness (QED) is 0.874. The standard InChI is InChI=1S/C11H19N3OS/c1-8(12-2)11-13-10(14-15-11)7-9-3-5-16-6-4-9/h8-9,12H,3-7H2,1-2H3. The summed E-state index contributed by atoms with van der Waals surface area (Å²) < 4.78 is 5.23. The molecule has 2 rings (SSSR count). The molecule has 90 valence electrons. The van der Waals surface area contributed by atoms with E-state index < -0.39 is 0 Å². The number of rotatable bonds is 4. The highest BCUT2D eigenvalue weighted by atomic mass is 32.2. The fraction of sp³-hybridized carbons (Fsp3) is 0.818. The van der Waals surface area contributed by atoms with Crippen molar-refractivity contribution < 1.29 is 4.52 Å². The van der Waals surface area contributed by atoms with Crippen LogP contribution in [0.1, 0.15) is 37.5 Å². The van der Waals surface area contributed by atoms with E-state index in [1.165, 1.54) is 24.3 Å². The molecule has 1 aliphatic rings. The highest BCUT2D eigenvalue weighted by Crippen LogP contribution is 2.25. The normalized spacial score (nSPS) is 19.9. The van der Waals surface area contributed by atoms with Gasteiger partial charge in [-0.1, -0.05) is 5.16 Å². The van der Waals surface area contributed by atoms with Gasteiger partial charge < -0.3 is 9.84 Å². The van der Waals surface area contributed by atoms with Gasteiger partial charge in [0.1, 0.15) is 0 Å². The molecule has 1 fully saturated rings. The molecular formula is C11H19N3OS.